The van der Waals surface area contributed by atoms with Crippen molar-refractivity contribution in [2.45, 2.75) is 4.21 Å². The summed E-state index contributed by atoms with van der Waals surface area (Å²) in [6.07, 6.45) is 0. The van der Waals surface area contributed by atoms with Gasteiger partial charge in [0.15, 0.2) is 6.61 Å². The molecule has 1 heterocycles. The van der Waals surface area contributed by atoms with E-state index in [1.807, 2.05) is 25.1 Å². The van der Waals surface area contributed by atoms with Gasteiger partial charge < -0.3 is 15.0 Å². The van der Waals surface area contributed by atoms with Gasteiger partial charge in [-0.2, -0.15) is 0 Å². The van der Waals surface area contributed by atoms with E-state index >= 15 is 0 Å². The van der Waals surface area contributed by atoms with Gasteiger partial charge in [0.05, 0.1) is 17.1 Å². The Morgan fingerprint density at radius 1 is 1.10 bits per heavy atom. The Kier molecular flexibility index (Phi) is 7.09. The van der Waals surface area contributed by atoms with Gasteiger partial charge in [-0.1, -0.05) is 17.7 Å². The minimum absolute atomic E-state index is 0.206. The zero-order chi connectivity index (χ0) is 22.6. The van der Waals surface area contributed by atoms with Crippen molar-refractivity contribution in [3.05, 3.63) is 65.0 Å². The fraction of sp³-hybridized carbons (Fsp3) is 0.190. The van der Waals surface area contributed by atoms with E-state index in [1.165, 1.54) is 11.4 Å². The number of nitrogens with one attached hydrogen (secondary N) is 1. The number of carbonyl (C=O) groups is 1. The van der Waals surface area contributed by atoms with Crippen molar-refractivity contribution in [1.29, 1.82) is 0 Å². The highest BCUT2D eigenvalue weighted by atomic mass is 35.5. The number of amides is 1. The molecule has 3 aromatic rings. The molecule has 2 aromatic carbocycles. The lowest BCUT2D eigenvalue weighted by molar-refractivity contribution is -0.118. The van der Waals surface area contributed by atoms with Crippen molar-refractivity contribution in [2.75, 3.05) is 42.3 Å². The van der Waals surface area contributed by atoms with Crippen molar-refractivity contribution in [2.24, 2.45) is 0 Å². The van der Waals surface area contributed by atoms with E-state index in [0.717, 1.165) is 17.0 Å². The van der Waals surface area contributed by atoms with Crippen LogP contribution in [-0.4, -0.2) is 42.1 Å². The fourth-order valence-electron chi connectivity index (χ4n) is 2.77. The monoisotopic (exact) mass is 479 g/mol. The van der Waals surface area contributed by atoms with E-state index in [9.17, 15) is 13.2 Å². The molecule has 0 saturated heterocycles. The van der Waals surface area contributed by atoms with Gasteiger partial charge in [0.25, 0.3) is 15.9 Å². The molecule has 7 nitrogen and oxygen atoms in total. The number of thiophene rings is 1. The quantitative estimate of drug-likeness (QED) is 0.520. The summed E-state index contributed by atoms with van der Waals surface area (Å²) in [5.41, 5.74) is 1.89. The number of hydrogen-bond acceptors (Lipinski definition) is 6. The third-order valence-corrected chi connectivity index (χ3v) is 7.79. The Morgan fingerprint density at radius 3 is 2.42 bits per heavy atom. The first-order valence-electron chi connectivity index (χ1n) is 9.20. The predicted molar refractivity (Wildman–Crippen MR) is 126 cm³/mol. The normalized spacial score (nSPS) is 11.1. The number of ether oxygens (including phenoxy) is 1. The van der Waals surface area contributed by atoms with Crippen LogP contribution in [0.5, 0.6) is 5.75 Å². The predicted octanol–water partition coefficient (Wildman–Crippen LogP) is 4.31. The smallest absolute Gasteiger partial charge is 0.273 e. The molecule has 0 aliphatic carbocycles. The molecule has 31 heavy (non-hydrogen) atoms. The van der Waals surface area contributed by atoms with Gasteiger partial charge >= 0.3 is 0 Å². The van der Waals surface area contributed by atoms with Gasteiger partial charge in [0, 0.05) is 26.2 Å². The highest BCUT2D eigenvalue weighted by molar-refractivity contribution is 7.94. The Hall–Kier alpha value is -2.75. The van der Waals surface area contributed by atoms with Crippen LogP contribution >= 0.6 is 22.9 Å². The zero-order valence-electron chi connectivity index (χ0n) is 17.2. The molecule has 0 radical (unpaired) electrons. The third kappa shape index (κ3) is 5.49. The second-order valence-electron chi connectivity index (χ2n) is 6.79. The first kappa shape index (κ1) is 22.9. The zero-order valence-corrected chi connectivity index (χ0v) is 19.6. The maximum absolute atomic E-state index is 12.6. The van der Waals surface area contributed by atoms with Gasteiger partial charge in [-0.05, 0) is 53.9 Å². The van der Waals surface area contributed by atoms with Gasteiger partial charge in [0.1, 0.15) is 9.96 Å². The van der Waals surface area contributed by atoms with Gasteiger partial charge in [-0.3, -0.25) is 9.10 Å². The van der Waals surface area contributed by atoms with Gasteiger partial charge in [-0.15, -0.1) is 11.3 Å². The van der Waals surface area contributed by atoms with Crippen molar-refractivity contribution < 1.29 is 17.9 Å². The average molecular weight is 480 g/mol. The highest BCUT2D eigenvalue weighted by Crippen LogP contribution is 2.28. The Bertz CT molecular complexity index is 1150. The van der Waals surface area contributed by atoms with Crippen LogP contribution < -0.4 is 19.3 Å². The summed E-state index contributed by atoms with van der Waals surface area (Å²) in [4.78, 5) is 14.2. The van der Waals surface area contributed by atoms with Crippen LogP contribution in [0.2, 0.25) is 5.02 Å². The number of benzene rings is 2. The molecule has 164 valence electrons. The summed E-state index contributed by atoms with van der Waals surface area (Å²) in [5.74, 6) is 0.103. The van der Waals surface area contributed by atoms with Crippen molar-refractivity contribution in [3.8, 4) is 5.75 Å². The molecule has 0 fully saturated rings. The van der Waals surface area contributed by atoms with Crippen molar-refractivity contribution >= 4 is 55.9 Å². The van der Waals surface area contributed by atoms with E-state index < -0.39 is 10.0 Å². The van der Waals surface area contributed by atoms with E-state index in [2.05, 4.69) is 5.32 Å². The Balaban J connectivity index is 1.62. The van der Waals surface area contributed by atoms with Crippen molar-refractivity contribution in [3.63, 3.8) is 0 Å². The van der Waals surface area contributed by atoms with Crippen LogP contribution in [0.1, 0.15) is 0 Å². The van der Waals surface area contributed by atoms with Crippen LogP contribution in [0.25, 0.3) is 0 Å². The number of carbonyl (C=O) groups excluding carboxylic acids is 1. The number of nitrogens with zero attached hydrogens (tertiary/aromatic N) is 2. The minimum Gasteiger partial charge on any atom is -0.484 e. The van der Waals surface area contributed by atoms with E-state index in [0.29, 0.717) is 22.1 Å². The van der Waals surface area contributed by atoms with Gasteiger partial charge in [0.2, 0.25) is 0 Å². The summed E-state index contributed by atoms with van der Waals surface area (Å²) >= 11 is 7.20. The molecule has 0 unspecified atom stereocenters. The number of rotatable bonds is 8. The second kappa shape index (κ2) is 9.59. The lowest BCUT2D eigenvalue weighted by Crippen LogP contribution is -2.25. The molecule has 0 saturated carbocycles. The molecule has 3 rings (SSSR count). The Morgan fingerprint density at radius 2 is 1.81 bits per heavy atom. The maximum Gasteiger partial charge on any atom is 0.273 e. The molecule has 1 N–H and O–H groups in total. The molecule has 10 heteroatoms. The van der Waals surface area contributed by atoms with E-state index in [1.54, 1.807) is 53.9 Å². The molecule has 0 spiro atoms. The molecular weight excluding hydrogens is 458 g/mol. The molecule has 0 bridgehead atoms. The summed E-state index contributed by atoms with van der Waals surface area (Å²) in [6.45, 7) is -0.206. The van der Waals surface area contributed by atoms with Crippen LogP contribution in [0.3, 0.4) is 0 Å². The molecular formula is C21H22ClN3O4S2. The first-order chi connectivity index (χ1) is 14.7. The second-order valence-corrected chi connectivity index (χ2v) is 10.4. The molecule has 1 amide bonds. The van der Waals surface area contributed by atoms with E-state index in [4.69, 9.17) is 16.3 Å². The average Bonchev–Trinajstić information content (AvgIpc) is 3.28. The minimum atomic E-state index is -3.60. The molecule has 0 aliphatic rings. The summed E-state index contributed by atoms with van der Waals surface area (Å²) in [5, 5.41) is 5.02. The van der Waals surface area contributed by atoms with Crippen molar-refractivity contribution in [1.82, 2.24) is 0 Å². The number of halogens is 1. The molecule has 0 atom stereocenters. The van der Waals surface area contributed by atoms with Crippen LogP contribution in [0, 0.1) is 0 Å². The summed E-state index contributed by atoms with van der Waals surface area (Å²) < 4.78 is 32.2. The molecule has 1 aromatic heterocycles. The van der Waals surface area contributed by atoms with Crippen LogP contribution in [-0.2, 0) is 14.8 Å². The largest absolute Gasteiger partial charge is 0.484 e. The van der Waals surface area contributed by atoms with E-state index in [-0.39, 0.29) is 16.7 Å². The maximum atomic E-state index is 12.6. The number of anilines is 3. The van der Waals surface area contributed by atoms with Gasteiger partial charge in [-0.25, -0.2) is 8.42 Å². The third-order valence-electron chi connectivity index (χ3n) is 4.39. The van der Waals surface area contributed by atoms with Crippen LogP contribution in [0.4, 0.5) is 17.1 Å². The lowest BCUT2D eigenvalue weighted by Gasteiger charge is -2.19. The standard InChI is InChI=1S/C21H22ClN3O4S2/c1-24(2)19-11-6-15(22)13-18(19)23-20(26)14-29-17-9-7-16(8-10-17)25(3)31(27,28)21-5-4-12-30-21/h4-13H,14H2,1-3H3,(H,23,26). The van der Waals surface area contributed by atoms with Crippen LogP contribution in [0.15, 0.2) is 64.2 Å². The number of sulfonamides is 1. The highest BCUT2D eigenvalue weighted by Gasteiger charge is 2.22. The SMILES string of the molecule is CN(C)c1ccc(Cl)cc1NC(=O)COc1ccc(N(C)S(=O)(=O)c2cccs2)cc1. The first-order valence-corrected chi connectivity index (χ1v) is 11.9. The summed E-state index contributed by atoms with van der Waals surface area (Å²) in [6, 6.07) is 15.0. The summed E-state index contributed by atoms with van der Waals surface area (Å²) in [7, 11) is 1.62. The molecule has 0 aliphatic heterocycles. The fourth-order valence-corrected chi connectivity index (χ4v) is 5.30. The topological polar surface area (TPSA) is 79.0 Å². The number of hydrogen-bond donors (Lipinski definition) is 1. The Labute approximate surface area is 190 Å². The lowest BCUT2D eigenvalue weighted by atomic mass is 10.2.